The van der Waals surface area contributed by atoms with Gasteiger partial charge in [-0.25, -0.2) is 4.39 Å². The number of halogens is 2. The van der Waals surface area contributed by atoms with Gasteiger partial charge >= 0.3 is 0 Å². The molecule has 0 bridgehead atoms. The molecule has 0 aliphatic carbocycles. The van der Waals surface area contributed by atoms with E-state index in [0.717, 1.165) is 5.69 Å². The molecule has 2 rings (SSSR count). The van der Waals surface area contributed by atoms with Gasteiger partial charge in [-0.2, -0.15) is 5.26 Å². The lowest BCUT2D eigenvalue weighted by molar-refractivity contribution is 0.608. The smallest absolute Gasteiger partial charge is 0.129 e. The average Bonchev–Trinajstić information content (AvgIpc) is 2.42. The highest BCUT2D eigenvalue weighted by atomic mass is 35.5. The molecule has 0 heterocycles. The Kier molecular flexibility index (Phi) is 4.03. The summed E-state index contributed by atoms with van der Waals surface area (Å²) in [6, 6.07) is 13.9. The molecule has 0 atom stereocenters. The average molecular weight is 275 g/mol. The summed E-state index contributed by atoms with van der Waals surface area (Å²) in [7, 11) is 1.87. The Bertz CT molecular complexity index is 617. The molecule has 2 nitrogen and oxygen atoms in total. The summed E-state index contributed by atoms with van der Waals surface area (Å²) < 4.78 is 13.7. The number of hydrogen-bond donors (Lipinski definition) is 0. The van der Waals surface area contributed by atoms with Crippen LogP contribution < -0.4 is 4.90 Å². The van der Waals surface area contributed by atoms with Gasteiger partial charge in [0.05, 0.1) is 11.6 Å². The van der Waals surface area contributed by atoms with E-state index in [1.54, 1.807) is 24.3 Å². The SMILES string of the molecule is CN(Cc1ccc(Cl)cc1F)c1ccc(C#N)cc1. The van der Waals surface area contributed by atoms with Gasteiger partial charge in [-0.1, -0.05) is 17.7 Å². The van der Waals surface area contributed by atoms with Crippen molar-refractivity contribution in [3.63, 3.8) is 0 Å². The van der Waals surface area contributed by atoms with E-state index in [1.807, 2.05) is 24.1 Å². The fraction of sp³-hybridized carbons (Fsp3) is 0.133. The Morgan fingerprint density at radius 2 is 1.89 bits per heavy atom. The molecular formula is C15H12ClFN2. The predicted molar refractivity (Wildman–Crippen MR) is 74.7 cm³/mol. The topological polar surface area (TPSA) is 27.0 Å². The van der Waals surface area contributed by atoms with Crippen LogP contribution in [0.4, 0.5) is 10.1 Å². The highest BCUT2D eigenvalue weighted by molar-refractivity contribution is 6.30. The van der Waals surface area contributed by atoms with Crippen LogP contribution >= 0.6 is 11.6 Å². The van der Waals surface area contributed by atoms with Crippen LogP contribution in [0.25, 0.3) is 0 Å². The fourth-order valence-corrected chi connectivity index (χ4v) is 1.95. The summed E-state index contributed by atoms with van der Waals surface area (Å²) >= 11 is 5.72. The Morgan fingerprint density at radius 1 is 1.21 bits per heavy atom. The molecule has 0 amide bonds. The van der Waals surface area contributed by atoms with Crippen LogP contribution in [0.3, 0.4) is 0 Å². The summed E-state index contributed by atoms with van der Waals surface area (Å²) in [4.78, 5) is 1.91. The van der Waals surface area contributed by atoms with Crippen LogP contribution in [-0.4, -0.2) is 7.05 Å². The number of nitriles is 1. The Morgan fingerprint density at radius 3 is 2.47 bits per heavy atom. The van der Waals surface area contributed by atoms with E-state index in [0.29, 0.717) is 22.7 Å². The van der Waals surface area contributed by atoms with Gasteiger partial charge in [0.1, 0.15) is 5.82 Å². The monoisotopic (exact) mass is 274 g/mol. The maximum Gasteiger partial charge on any atom is 0.129 e. The predicted octanol–water partition coefficient (Wildman–Crippen LogP) is 3.99. The van der Waals surface area contributed by atoms with Gasteiger partial charge in [-0.3, -0.25) is 0 Å². The van der Waals surface area contributed by atoms with Crippen LogP contribution in [0, 0.1) is 17.1 Å². The molecule has 0 N–H and O–H groups in total. The molecule has 0 radical (unpaired) electrons. The third kappa shape index (κ3) is 3.24. The summed E-state index contributed by atoms with van der Waals surface area (Å²) in [5.74, 6) is -0.312. The van der Waals surface area contributed by atoms with Gasteiger partial charge < -0.3 is 4.90 Å². The van der Waals surface area contributed by atoms with Gasteiger partial charge in [-0.05, 0) is 36.4 Å². The zero-order valence-corrected chi connectivity index (χ0v) is 11.2. The normalized spacial score (nSPS) is 10.0. The number of benzene rings is 2. The Hall–Kier alpha value is -2.05. The van der Waals surface area contributed by atoms with Gasteiger partial charge in [0.15, 0.2) is 0 Å². The van der Waals surface area contributed by atoms with Crippen LogP contribution in [-0.2, 0) is 6.54 Å². The first-order chi connectivity index (χ1) is 9.10. The van der Waals surface area contributed by atoms with Crippen molar-refractivity contribution in [2.45, 2.75) is 6.54 Å². The van der Waals surface area contributed by atoms with Crippen molar-refractivity contribution in [2.75, 3.05) is 11.9 Å². The van der Waals surface area contributed by atoms with Gasteiger partial charge in [0, 0.05) is 29.9 Å². The lowest BCUT2D eigenvalue weighted by atomic mass is 10.1. The maximum atomic E-state index is 13.7. The molecule has 2 aromatic rings. The van der Waals surface area contributed by atoms with Crippen molar-refractivity contribution in [2.24, 2.45) is 0 Å². The number of rotatable bonds is 3. The molecule has 0 saturated carbocycles. The zero-order chi connectivity index (χ0) is 13.8. The largest absolute Gasteiger partial charge is 0.370 e. The molecule has 96 valence electrons. The third-order valence-electron chi connectivity index (χ3n) is 2.86. The number of hydrogen-bond acceptors (Lipinski definition) is 2. The van der Waals surface area contributed by atoms with Crippen LogP contribution in [0.15, 0.2) is 42.5 Å². The van der Waals surface area contributed by atoms with Crippen LogP contribution in [0.1, 0.15) is 11.1 Å². The number of nitrogens with zero attached hydrogens (tertiary/aromatic N) is 2. The van der Waals surface area contributed by atoms with Crippen LogP contribution in [0.5, 0.6) is 0 Å². The second-order valence-corrected chi connectivity index (χ2v) is 4.69. The second-order valence-electron chi connectivity index (χ2n) is 4.25. The first-order valence-electron chi connectivity index (χ1n) is 5.75. The first-order valence-corrected chi connectivity index (χ1v) is 6.13. The highest BCUT2D eigenvalue weighted by Gasteiger charge is 2.07. The molecule has 0 aromatic heterocycles. The van der Waals surface area contributed by atoms with Crippen molar-refractivity contribution in [3.8, 4) is 6.07 Å². The van der Waals surface area contributed by atoms with E-state index >= 15 is 0 Å². The molecule has 0 saturated heterocycles. The van der Waals surface area contributed by atoms with Crippen LogP contribution in [0.2, 0.25) is 5.02 Å². The van der Waals surface area contributed by atoms with Crippen molar-refractivity contribution in [1.29, 1.82) is 5.26 Å². The zero-order valence-electron chi connectivity index (χ0n) is 10.4. The molecule has 0 spiro atoms. The van der Waals surface area contributed by atoms with Crippen molar-refractivity contribution < 1.29 is 4.39 Å². The summed E-state index contributed by atoms with van der Waals surface area (Å²) in [5.41, 5.74) is 2.11. The van der Waals surface area contributed by atoms with E-state index in [-0.39, 0.29) is 5.82 Å². The Labute approximate surface area is 116 Å². The minimum Gasteiger partial charge on any atom is -0.370 e. The maximum absolute atomic E-state index is 13.7. The van der Waals surface area contributed by atoms with E-state index < -0.39 is 0 Å². The minimum absolute atomic E-state index is 0.312. The molecule has 0 fully saturated rings. The summed E-state index contributed by atoms with van der Waals surface area (Å²) in [6.07, 6.45) is 0. The van der Waals surface area contributed by atoms with Crippen molar-refractivity contribution >= 4 is 17.3 Å². The highest BCUT2D eigenvalue weighted by Crippen LogP contribution is 2.19. The molecule has 0 aliphatic rings. The van der Waals surface area contributed by atoms with E-state index in [9.17, 15) is 4.39 Å². The molecule has 0 unspecified atom stereocenters. The molecule has 19 heavy (non-hydrogen) atoms. The lowest BCUT2D eigenvalue weighted by Crippen LogP contribution is -2.17. The summed E-state index contributed by atoms with van der Waals surface area (Å²) in [5, 5.41) is 9.13. The first kappa shape index (κ1) is 13.4. The van der Waals surface area contributed by atoms with E-state index in [2.05, 4.69) is 6.07 Å². The lowest BCUT2D eigenvalue weighted by Gasteiger charge is -2.19. The molecule has 0 aliphatic heterocycles. The second kappa shape index (κ2) is 5.73. The van der Waals surface area contributed by atoms with E-state index in [4.69, 9.17) is 16.9 Å². The van der Waals surface area contributed by atoms with Gasteiger partial charge in [0.25, 0.3) is 0 Å². The van der Waals surface area contributed by atoms with Gasteiger partial charge in [-0.15, -0.1) is 0 Å². The third-order valence-corrected chi connectivity index (χ3v) is 3.09. The van der Waals surface area contributed by atoms with E-state index in [1.165, 1.54) is 6.07 Å². The molecular weight excluding hydrogens is 263 g/mol. The number of anilines is 1. The minimum atomic E-state index is -0.312. The van der Waals surface area contributed by atoms with Crippen molar-refractivity contribution in [1.82, 2.24) is 0 Å². The molecule has 4 heteroatoms. The van der Waals surface area contributed by atoms with Crippen molar-refractivity contribution in [3.05, 3.63) is 64.4 Å². The Balaban J connectivity index is 2.16. The van der Waals surface area contributed by atoms with Gasteiger partial charge in [0.2, 0.25) is 0 Å². The summed E-state index contributed by atoms with van der Waals surface area (Å²) in [6.45, 7) is 0.439. The fourth-order valence-electron chi connectivity index (χ4n) is 1.79. The standard InChI is InChI=1S/C15H12ClFN2/c1-19(14-6-2-11(9-18)3-7-14)10-12-4-5-13(16)8-15(12)17/h2-8H,10H2,1H3. The quantitative estimate of drug-likeness (QED) is 0.846. The molecule has 2 aromatic carbocycles.